The predicted octanol–water partition coefficient (Wildman–Crippen LogP) is 4.10. The highest BCUT2D eigenvalue weighted by Gasteiger charge is 2.07. The number of nitrogens with zero attached hydrogens (tertiary/aromatic N) is 2. The molecule has 6 heteroatoms. The highest BCUT2D eigenvalue weighted by atomic mass is 35.5. The summed E-state index contributed by atoms with van der Waals surface area (Å²) in [7, 11) is 0. The van der Waals surface area contributed by atoms with Crippen molar-refractivity contribution < 1.29 is 0 Å². The molecule has 2 nitrogen and oxygen atoms in total. The van der Waals surface area contributed by atoms with Crippen LogP contribution in [0.25, 0.3) is 10.6 Å². The Morgan fingerprint density at radius 3 is 2.38 bits per heavy atom. The summed E-state index contributed by atoms with van der Waals surface area (Å²) in [6.45, 7) is 1.99. The molecule has 0 aromatic carbocycles. The summed E-state index contributed by atoms with van der Waals surface area (Å²) in [5.41, 5.74) is 2.13. The van der Waals surface area contributed by atoms with Crippen LogP contribution in [-0.4, -0.2) is 9.97 Å². The monoisotopic (exact) mass is 296 g/mol. The van der Waals surface area contributed by atoms with E-state index in [4.69, 9.17) is 11.6 Å². The summed E-state index contributed by atoms with van der Waals surface area (Å²) in [6, 6.07) is 3.91. The fraction of sp³-hybridized carbons (Fsp3) is 0.200. The standard InChI is InChI=1S/C10H9ClN2S.2ClH/c1-7-9(6-11)14-10(13-7)8-2-4-12-5-3-8;;/h2-5H,6H2,1H3;2*1H. The minimum absolute atomic E-state index is 0. The normalized spacial score (nSPS) is 9.12. The lowest BCUT2D eigenvalue weighted by Crippen LogP contribution is -1.78. The highest BCUT2D eigenvalue weighted by Crippen LogP contribution is 2.28. The SMILES string of the molecule is Cc1nc(-c2ccncc2)sc1CCl.Cl.Cl. The zero-order valence-electron chi connectivity index (χ0n) is 8.51. The van der Waals surface area contributed by atoms with Gasteiger partial charge in [-0.3, -0.25) is 4.98 Å². The predicted molar refractivity (Wildman–Crippen MR) is 74.1 cm³/mol. The number of alkyl halides is 1. The quantitative estimate of drug-likeness (QED) is 0.780. The third kappa shape index (κ3) is 3.32. The molecule has 2 aromatic rings. The summed E-state index contributed by atoms with van der Waals surface area (Å²) in [5.74, 6) is 0.536. The lowest BCUT2D eigenvalue weighted by Gasteiger charge is -1.92. The Balaban J connectivity index is 0.00000112. The van der Waals surface area contributed by atoms with Crippen molar-refractivity contribution in [1.29, 1.82) is 0 Å². The number of rotatable bonds is 2. The zero-order valence-corrected chi connectivity index (χ0v) is 11.7. The Morgan fingerprint density at radius 1 is 1.25 bits per heavy atom. The molecule has 0 atom stereocenters. The lowest BCUT2D eigenvalue weighted by atomic mass is 10.3. The minimum atomic E-state index is 0. The average Bonchev–Trinajstić information content (AvgIpc) is 2.61. The summed E-state index contributed by atoms with van der Waals surface area (Å²) >= 11 is 7.43. The van der Waals surface area contributed by atoms with E-state index in [1.54, 1.807) is 23.7 Å². The molecule has 2 rings (SSSR count). The van der Waals surface area contributed by atoms with Crippen LogP contribution in [0.1, 0.15) is 10.6 Å². The molecular formula is C10H11Cl3N2S. The molecule has 0 saturated heterocycles. The first kappa shape index (κ1) is 15.7. The zero-order chi connectivity index (χ0) is 9.97. The topological polar surface area (TPSA) is 25.8 Å². The van der Waals surface area contributed by atoms with Gasteiger partial charge in [0.05, 0.1) is 11.6 Å². The van der Waals surface area contributed by atoms with E-state index in [-0.39, 0.29) is 24.8 Å². The van der Waals surface area contributed by atoms with Gasteiger partial charge < -0.3 is 0 Å². The molecule has 0 radical (unpaired) electrons. The van der Waals surface area contributed by atoms with E-state index >= 15 is 0 Å². The van der Waals surface area contributed by atoms with Gasteiger partial charge >= 0.3 is 0 Å². The fourth-order valence-electron chi connectivity index (χ4n) is 1.17. The number of halogens is 3. The fourth-order valence-corrected chi connectivity index (χ4v) is 2.44. The van der Waals surface area contributed by atoms with Crippen LogP contribution in [0.2, 0.25) is 0 Å². The van der Waals surface area contributed by atoms with Crippen LogP contribution in [-0.2, 0) is 5.88 Å². The number of aryl methyl sites for hydroxylation is 1. The molecule has 0 saturated carbocycles. The van der Waals surface area contributed by atoms with Gasteiger partial charge in [-0.05, 0) is 19.1 Å². The molecule has 0 aliphatic carbocycles. The van der Waals surface area contributed by atoms with E-state index < -0.39 is 0 Å². The number of hydrogen-bond donors (Lipinski definition) is 0. The van der Waals surface area contributed by atoms with E-state index in [1.165, 1.54) is 0 Å². The van der Waals surface area contributed by atoms with Crippen LogP contribution in [0.5, 0.6) is 0 Å². The lowest BCUT2D eigenvalue weighted by molar-refractivity contribution is 1.22. The molecule has 0 spiro atoms. The molecule has 2 aromatic heterocycles. The van der Waals surface area contributed by atoms with Crippen molar-refractivity contribution in [3.8, 4) is 10.6 Å². The van der Waals surface area contributed by atoms with E-state index in [9.17, 15) is 0 Å². The van der Waals surface area contributed by atoms with Gasteiger partial charge in [-0.2, -0.15) is 0 Å². The number of thiazole rings is 1. The van der Waals surface area contributed by atoms with Crippen molar-refractivity contribution in [3.63, 3.8) is 0 Å². The second-order valence-electron chi connectivity index (χ2n) is 2.90. The molecule has 0 unspecified atom stereocenters. The number of aromatic nitrogens is 2. The highest BCUT2D eigenvalue weighted by molar-refractivity contribution is 7.15. The first-order valence-electron chi connectivity index (χ1n) is 4.24. The summed E-state index contributed by atoms with van der Waals surface area (Å²) < 4.78 is 0. The van der Waals surface area contributed by atoms with Gasteiger partial charge in [-0.25, -0.2) is 4.98 Å². The Hall–Kier alpha value is -0.350. The first-order chi connectivity index (χ1) is 6.81. The van der Waals surface area contributed by atoms with Crippen molar-refractivity contribution in [1.82, 2.24) is 9.97 Å². The molecule has 0 aliphatic rings. The van der Waals surface area contributed by atoms with E-state index in [2.05, 4.69) is 9.97 Å². The maximum Gasteiger partial charge on any atom is 0.124 e. The first-order valence-corrected chi connectivity index (χ1v) is 5.59. The average molecular weight is 298 g/mol. The van der Waals surface area contributed by atoms with Crippen LogP contribution in [0.3, 0.4) is 0 Å². The van der Waals surface area contributed by atoms with Gasteiger partial charge in [0.15, 0.2) is 0 Å². The van der Waals surface area contributed by atoms with Gasteiger partial charge in [0, 0.05) is 22.8 Å². The molecule has 0 amide bonds. The van der Waals surface area contributed by atoms with Gasteiger partial charge in [-0.1, -0.05) is 0 Å². The van der Waals surface area contributed by atoms with Gasteiger partial charge in [0.1, 0.15) is 5.01 Å². The van der Waals surface area contributed by atoms with E-state index in [1.807, 2.05) is 19.1 Å². The number of hydrogen-bond acceptors (Lipinski definition) is 3. The Morgan fingerprint density at radius 2 is 1.88 bits per heavy atom. The maximum atomic E-state index is 5.79. The van der Waals surface area contributed by atoms with Gasteiger partial charge in [0.2, 0.25) is 0 Å². The number of pyridine rings is 1. The third-order valence-electron chi connectivity index (χ3n) is 1.94. The van der Waals surface area contributed by atoms with Gasteiger partial charge in [0.25, 0.3) is 0 Å². The van der Waals surface area contributed by atoms with Crippen LogP contribution < -0.4 is 0 Å². The molecule has 0 N–H and O–H groups in total. The molecule has 88 valence electrons. The van der Waals surface area contributed by atoms with E-state index in [0.717, 1.165) is 21.1 Å². The van der Waals surface area contributed by atoms with Crippen LogP contribution in [0.15, 0.2) is 24.5 Å². The van der Waals surface area contributed by atoms with Gasteiger partial charge in [-0.15, -0.1) is 47.8 Å². The smallest absolute Gasteiger partial charge is 0.124 e. The van der Waals surface area contributed by atoms with Crippen molar-refractivity contribution in [2.75, 3.05) is 0 Å². The van der Waals surface area contributed by atoms with Crippen LogP contribution in [0.4, 0.5) is 0 Å². The summed E-state index contributed by atoms with van der Waals surface area (Å²) in [5, 5.41) is 1.01. The van der Waals surface area contributed by atoms with Crippen molar-refractivity contribution in [2.24, 2.45) is 0 Å². The minimum Gasteiger partial charge on any atom is -0.265 e. The van der Waals surface area contributed by atoms with Crippen LogP contribution >= 0.6 is 47.8 Å². The molecular weight excluding hydrogens is 287 g/mol. The Labute approximate surface area is 116 Å². The second kappa shape index (κ2) is 7.07. The van der Waals surface area contributed by atoms with Crippen molar-refractivity contribution in [2.45, 2.75) is 12.8 Å². The third-order valence-corrected chi connectivity index (χ3v) is 3.57. The second-order valence-corrected chi connectivity index (χ2v) is 4.25. The summed E-state index contributed by atoms with van der Waals surface area (Å²) in [6.07, 6.45) is 3.54. The Kier molecular flexibility index (Phi) is 6.91. The van der Waals surface area contributed by atoms with Crippen molar-refractivity contribution in [3.05, 3.63) is 35.1 Å². The summed E-state index contributed by atoms with van der Waals surface area (Å²) in [4.78, 5) is 9.57. The Bertz CT molecular complexity index is 431. The van der Waals surface area contributed by atoms with Crippen molar-refractivity contribution >= 4 is 47.8 Å². The molecule has 16 heavy (non-hydrogen) atoms. The molecule has 2 heterocycles. The molecule has 0 fully saturated rings. The molecule has 0 aliphatic heterocycles. The van der Waals surface area contributed by atoms with E-state index in [0.29, 0.717) is 5.88 Å². The molecule has 0 bridgehead atoms. The van der Waals surface area contributed by atoms with Crippen LogP contribution in [0, 0.1) is 6.92 Å². The largest absolute Gasteiger partial charge is 0.265 e. The maximum absolute atomic E-state index is 5.79.